The number of thiophene rings is 1. The van der Waals surface area contributed by atoms with Crippen molar-refractivity contribution in [2.75, 3.05) is 4.90 Å². The van der Waals surface area contributed by atoms with Crippen LogP contribution in [0.1, 0.15) is 23.3 Å². The van der Waals surface area contributed by atoms with E-state index >= 15 is 0 Å². The second kappa shape index (κ2) is 5.95. The fraction of sp³-hybridized carbons (Fsp3) is 0.267. The van der Waals surface area contributed by atoms with Crippen LogP contribution in [0, 0.1) is 0 Å². The van der Waals surface area contributed by atoms with Gasteiger partial charge in [0.05, 0.1) is 11.6 Å². The molecule has 0 spiro atoms. The van der Waals surface area contributed by atoms with E-state index in [9.17, 15) is 0 Å². The lowest BCUT2D eigenvalue weighted by Gasteiger charge is -2.24. The monoisotopic (exact) mass is 321 g/mol. The minimum absolute atomic E-state index is 0.0304. The van der Waals surface area contributed by atoms with E-state index in [4.69, 9.17) is 22.5 Å². The Bertz CT molecular complexity index is 653. The standard InChI is InChI=1S/C15H16ClN3OS/c16-14-8-11(5-6-13(14)15(17)18-20)19(10-3-4-10)9-12-2-1-7-21-12/h1-2,5-8,10,20H,3-4,9H2,(H2,17,18). The Balaban J connectivity index is 1.88. The highest BCUT2D eigenvalue weighted by molar-refractivity contribution is 7.09. The lowest BCUT2D eigenvalue weighted by molar-refractivity contribution is 0.318. The maximum atomic E-state index is 8.76. The minimum Gasteiger partial charge on any atom is -0.409 e. The molecular weight excluding hydrogens is 306 g/mol. The maximum absolute atomic E-state index is 8.76. The van der Waals surface area contributed by atoms with Gasteiger partial charge in [-0.05, 0) is 42.5 Å². The summed E-state index contributed by atoms with van der Waals surface area (Å²) in [7, 11) is 0. The highest BCUT2D eigenvalue weighted by Crippen LogP contribution is 2.35. The predicted octanol–water partition coefficient (Wildman–Crippen LogP) is 3.67. The first kappa shape index (κ1) is 14.2. The third-order valence-electron chi connectivity index (χ3n) is 3.56. The van der Waals surface area contributed by atoms with Gasteiger partial charge in [-0.25, -0.2) is 0 Å². The number of anilines is 1. The Kier molecular flexibility index (Phi) is 4.03. The van der Waals surface area contributed by atoms with Gasteiger partial charge in [0.1, 0.15) is 0 Å². The highest BCUT2D eigenvalue weighted by atomic mass is 35.5. The molecule has 110 valence electrons. The molecule has 1 aliphatic rings. The van der Waals surface area contributed by atoms with Gasteiger partial charge < -0.3 is 15.8 Å². The van der Waals surface area contributed by atoms with Gasteiger partial charge in [-0.15, -0.1) is 11.3 Å². The van der Waals surface area contributed by atoms with Crippen LogP contribution in [0.5, 0.6) is 0 Å². The van der Waals surface area contributed by atoms with E-state index in [0.717, 1.165) is 12.2 Å². The van der Waals surface area contributed by atoms with Crippen LogP contribution < -0.4 is 10.6 Å². The molecule has 0 radical (unpaired) electrons. The van der Waals surface area contributed by atoms with E-state index in [0.29, 0.717) is 16.6 Å². The summed E-state index contributed by atoms with van der Waals surface area (Å²) in [5.74, 6) is 0.0304. The van der Waals surface area contributed by atoms with Gasteiger partial charge in [-0.1, -0.05) is 22.8 Å². The molecule has 1 fully saturated rings. The van der Waals surface area contributed by atoms with Crippen molar-refractivity contribution in [3.05, 3.63) is 51.2 Å². The first-order chi connectivity index (χ1) is 10.2. The predicted molar refractivity (Wildman–Crippen MR) is 87.5 cm³/mol. The van der Waals surface area contributed by atoms with E-state index in [1.807, 2.05) is 12.1 Å². The molecule has 1 aliphatic carbocycles. The Morgan fingerprint density at radius 3 is 2.81 bits per heavy atom. The largest absolute Gasteiger partial charge is 0.409 e. The van der Waals surface area contributed by atoms with Gasteiger partial charge in [-0.3, -0.25) is 0 Å². The van der Waals surface area contributed by atoms with Crippen molar-refractivity contribution in [3.8, 4) is 0 Å². The molecule has 0 atom stereocenters. The van der Waals surface area contributed by atoms with Crippen molar-refractivity contribution in [1.29, 1.82) is 0 Å². The summed E-state index contributed by atoms with van der Waals surface area (Å²) in [5, 5.41) is 14.3. The minimum atomic E-state index is 0.0304. The number of halogens is 1. The summed E-state index contributed by atoms with van der Waals surface area (Å²) in [6.07, 6.45) is 2.43. The zero-order valence-electron chi connectivity index (χ0n) is 11.4. The van der Waals surface area contributed by atoms with E-state index in [1.54, 1.807) is 17.4 Å². The van der Waals surface area contributed by atoms with Crippen LogP contribution in [0.3, 0.4) is 0 Å². The second-order valence-corrected chi connectivity index (χ2v) is 6.53. The summed E-state index contributed by atoms with van der Waals surface area (Å²) < 4.78 is 0. The van der Waals surface area contributed by atoms with Gasteiger partial charge in [0, 0.05) is 22.2 Å². The Hall–Kier alpha value is -1.72. The van der Waals surface area contributed by atoms with E-state index in [2.05, 4.69) is 27.6 Å². The zero-order valence-corrected chi connectivity index (χ0v) is 12.9. The number of oxime groups is 1. The molecule has 0 aliphatic heterocycles. The van der Waals surface area contributed by atoms with Crippen LogP contribution in [0.25, 0.3) is 0 Å². The molecule has 1 saturated carbocycles. The van der Waals surface area contributed by atoms with Crippen LogP contribution in [0.15, 0.2) is 40.9 Å². The molecule has 1 aromatic heterocycles. The van der Waals surface area contributed by atoms with Gasteiger partial charge in [0.25, 0.3) is 0 Å². The Morgan fingerprint density at radius 1 is 1.43 bits per heavy atom. The number of rotatable bonds is 5. The number of hydrogen-bond acceptors (Lipinski definition) is 4. The zero-order chi connectivity index (χ0) is 14.8. The number of hydrogen-bond donors (Lipinski definition) is 2. The van der Waals surface area contributed by atoms with E-state index < -0.39 is 0 Å². The van der Waals surface area contributed by atoms with Crippen LogP contribution in [0.2, 0.25) is 5.02 Å². The molecule has 0 bridgehead atoms. The molecule has 3 N–H and O–H groups in total. The smallest absolute Gasteiger partial charge is 0.171 e. The Morgan fingerprint density at radius 2 is 2.24 bits per heavy atom. The maximum Gasteiger partial charge on any atom is 0.171 e. The SMILES string of the molecule is NC(=NO)c1ccc(N(Cc2cccs2)C2CC2)cc1Cl. The van der Waals surface area contributed by atoms with Gasteiger partial charge >= 0.3 is 0 Å². The van der Waals surface area contributed by atoms with Crippen LogP contribution in [-0.2, 0) is 6.54 Å². The Labute approximate surface area is 132 Å². The summed E-state index contributed by atoms with van der Waals surface area (Å²) in [4.78, 5) is 3.70. The molecule has 0 unspecified atom stereocenters. The number of benzene rings is 1. The van der Waals surface area contributed by atoms with Gasteiger partial charge in [0.15, 0.2) is 5.84 Å². The molecule has 6 heteroatoms. The average molecular weight is 322 g/mol. The molecule has 4 nitrogen and oxygen atoms in total. The summed E-state index contributed by atoms with van der Waals surface area (Å²) in [6.45, 7) is 0.890. The van der Waals surface area contributed by atoms with Crippen LogP contribution in [0.4, 0.5) is 5.69 Å². The lowest BCUT2D eigenvalue weighted by Crippen LogP contribution is -2.24. The molecule has 3 rings (SSSR count). The second-order valence-electron chi connectivity index (χ2n) is 5.09. The van der Waals surface area contributed by atoms with Crippen molar-refractivity contribution in [2.24, 2.45) is 10.9 Å². The molecule has 2 aromatic rings. The fourth-order valence-electron chi connectivity index (χ4n) is 2.33. The van der Waals surface area contributed by atoms with Gasteiger partial charge in [-0.2, -0.15) is 0 Å². The molecule has 1 aromatic carbocycles. The van der Waals surface area contributed by atoms with Crippen LogP contribution >= 0.6 is 22.9 Å². The molecule has 1 heterocycles. The van der Waals surface area contributed by atoms with Crippen molar-refractivity contribution in [1.82, 2.24) is 0 Å². The molecule has 21 heavy (non-hydrogen) atoms. The fourth-order valence-corrected chi connectivity index (χ4v) is 3.31. The van der Waals surface area contributed by atoms with Crippen molar-refractivity contribution in [2.45, 2.75) is 25.4 Å². The summed E-state index contributed by atoms with van der Waals surface area (Å²) in [5.41, 5.74) is 7.23. The first-order valence-corrected chi connectivity index (χ1v) is 8.01. The van der Waals surface area contributed by atoms with Crippen molar-refractivity contribution in [3.63, 3.8) is 0 Å². The van der Waals surface area contributed by atoms with Crippen molar-refractivity contribution < 1.29 is 5.21 Å². The number of nitrogens with two attached hydrogens (primary N) is 1. The molecular formula is C15H16ClN3OS. The molecule has 0 saturated heterocycles. The topological polar surface area (TPSA) is 61.9 Å². The lowest BCUT2D eigenvalue weighted by atomic mass is 10.1. The first-order valence-electron chi connectivity index (χ1n) is 6.75. The third kappa shape index (κ3) is 3.14. The number of nitrogens with zero attached hydrogens (tertiary/aromatic N) is 2. The van der Waals surface area contributed by atoms with Crippen LogP contribution in [-0.4, -0.2) is 17.1 Å². The normalized spacial score (nSPS) is 15.2. The van der Waals surface area contributed by atoms with E-state index in [1.165, 1.54) is 17.7 Å². The quantitative estimate of drug-likeness (QED) is 0.382. The highest BCUT2D eigenvalue weighted by Gasteiger charge is 2.29. The summed E-state index contributed by atoms with van der Waals surface area (Å²) in [6, 6.07) is 10.5. The van der Waals surface area contributed by atoms with Crippen molar-refractivity contribution >= 4 is 34.5 Å². The average Bonchev–Trinajstić information content (AvgIpc) is 3.20. The molecule has 0 amide bonds. The number of amidine groups is 1. The van der Waals surface area contributed by atoms with Gasteiger partial charge in [0.2, 0.25) is 0 Å². The van der Waals surface area contributed by atoms with E-state index in [-0.39, 0.29) is 5.84 Å². The summed E-state index contributed by atoms with van der Waals surface area (Å²) >= 11 is 8.02. The third-order valence-corrected chi connectivity index (χ3v) is 4.74.